The Labute approximate surface area is 92.6 Å². The molecule has 0 bridgehead atoms. The maximum absolute atomic E-state index is 9.01. The molecule has 0 fully saturated rings. The first kappa shape index (κ1) is 14.4. The van der Waals surface area contributed by atoms with Crippen molar-refractivity contribution >= 4 is 0 Å². The van der Waals surface area contributed by atoms with Crippen molar-refractivity contribution in [3.63, 3.8) is 0 Å². The molecule has 1 N–H and O–H groups in total. The van der Waals surface area contributed by atoms with Crippen molar-refractivity contribution in [1.82, 2.24) is 5.32 Å². The Morgan fingerprint density at radius 1 is 1.33 bits per heavy atom. The van der Waals surface area contributed by atoms with Crippen molar-refractivity contribution in [3.05, 3.63) is 0 Å². The number of rotatable bonds is 8. The number of hydrogen-bond acceptors (Lipinski definition) is 4. The van der Waals surface area contributed by atoms with Gasteiger partial charge in [0.2, 0.25) is 0 Å². The van der Waals surface area contributed by atoms with E-state index in [1.54, 1.807) is 0 Å². The molecule has 0 spiro atoms. The molecule has 1 atom stereocenters. The summed E-state index contributed by atoms with van der Waals surface area (Å²) in [5.74, 6) is 0. The Hall–Kier alpha value is -0.630. The SMILES string of the molecule is CCOCCOCC(C)(C#N)NC(C)C. The first-order valence-electron chi connectivity index (χ1n) is 5.38. The van der Waals surface area contributed by atoms with Gasteiger partial charge in [0.1, 0.15) is 5.54 Å². The zero-order valence-electron chi connectivity index (χ0n) is 10.2. The summed E-state index contributed by atoms with van der Waals surface area (Å²) in [6.07, 6.45) is 0. The minimum Gasteiger partial charge on any atom is -0.379 e. The normalized spacial score (nSPS) is 14.9. The molecule has 0 aliphatic heterocycles. The second-order valence-electron chi connectivity index (χ2n) is 3.99. The van der Waals surface area contributed by atoms with E-state index < -0.39 is 5.54 Å². The first-order valence-corrected chi connectivity index (χ1v) is 5.38. The maximum Gasteiger partial charge on any atom is 0.127 e. The third-order valence-corrected chi connectivity index (χ3v) is 1.82. The number of hydrogen-bond donors (Lipinski definition) is 1. The lowest BCUT2D eigenvalue weighted by Crippen LogP contribution is -2.48. The molecule has 0 amide bonds. The van der Waals surface area contributed by atoms with E-state index in [0.29, 0.717) is 26.4 Å². The smallest absolute Gasteiger partial charge is 0.127 e. The van der Waals surface area contributed by atoms with E-state index in [2.05, 4.69) is 11.4 Å². The number of nitrogens with one attached hydrogen (secondary N) is 1. The number of nitrogens with zero attached hydrogens (tertiary/aromatic N) is 1. The average molecular weight is 214 g/mol. The van der Waals surface area contributed by atoms with Crippen molar-refractivity contribution < 1.29 is 9.47 Å². The van der Waals surface area contributed by atoms with Gasteiger partial charge in [-0.15, -0.1) is 0 Å². The topological polar surface area (TPSA) is 54.3 Å². The summed E-state index contributed by atoms with van der Waals surface area (Å²) in [5, 5.41) is 12.2. The molecule has 4 nitrogen and oxygen atoms in total. The summed E-state index contributed by atoms with van der Waals surface area (Å²) in [6, 6.07) is 2.49. The van der Waals surface area contributed by atoms with Crippen LogP contribution in [0.2, 0.25) is 0 Å². The molecule has 15 heavy (non-hydrogen) atoms. The highest BCUT2D eigenvalue weighted by atomic mass is 16.5. The molecule has 0 aromatic rings. The predicted molar refractivity (Wildman–Crippen MR) is 59.6 cm³/mol. The van der Waals surface area contributed by atoms with Crippen LogP contribution < -0.4 is 5.32 Å². The molecule has 0 aliphatic carbocycles. The summed E-state index contributed by atoms with van der Waals surface area (Å²) < 4.78 is 10.5. The van der Waals surface area contributed by atoms with Crippen LogP contribution in [0.5, 0.6) is 0 Å². The number of ether oxygens (including phenoxy) is 2. The molecular weight excluding hydrogens is 192 g/mol. The summed E-state index contributed by atoms with van der Waals surface area (Å²) in [4.78, 5) is 0. The third-order valence-electron chi connectivity index (χ3n) is 1.82. The average Bonchev–Trinajstić information content (AvgIpc) is 2.16. The van der Waals surface area contributed by atoms with Gasteiger partial charge in [-0.3, -0.25) is 5.32 Å². The summed E-state index contributed by atoms with van der Waals surface area (Å²) in [7, 11) is 0. The van der Waals surface area contributed by atoms with E-state index in [4.69, 9.17) is 14.7 Å². The van der Waals surface area contributed by atoms with Crippen LogP contribution in [-0.4, -0.2) is 38.0 Å². The highest BCUT2D eigenvalue weighted by Gasteiger charge is 2.24. The van der Waals surface area contributed by atoms with Crippen LogP contribution in [0.15, 0.2) is 0 Å². The van der Waals surface area contributed by atoms with Crippen LogP contribution in [0, 0.1) is 11.3 Å². The Kier molecular flexibility index (Phi) is 7.31. The van der Waals surface area contributed by atoms with Crippen LogP contribution in [0.3, 0.4) is 0 Å². The van der Waals surface area contributed by atoms with Gasteiger partial charge in [-0.25, -0.2) is 0 Å². The van der Waals surface area contributed by atoms with Crippen LogP contribution in [-0.2, 0) is 9.47 Å². The van der Waals surface area contributed by atoms with E-state index in [1.165, 1.54) is 0 Å². The quantitative estimate of drug-likeness (QED) is 0.619. The fourth-order valence-electron chi connectivity index (χ4n) is 1.28. The van der Waals surface area contributed by atoms with E-state index >= 15 is 0 Å². The van der Waals surface area contributed by atoms with Crippen molar-refractivity contribution in [3.8, 4) is 6.07 Å². The van der Waals surface area contributed by atoms with Crippen LogP contribution in [0.1, 0.15) is 27.7 Å². The summed E-state index contributed by atoms with van der Waals surface area (Å²) >= 11 is 0. The van der Waals surface area contributed by atoms with E-state index in [1.807, 2.05) is 27.7 Å². The monoisotopic (exact) mass is 214 g/mol. The summed E-state index contributed by atoms with van der Waals surface area (Å²) in [6.45, 7) is 10.0. The van der Waals surface area contributed by atoms with Gasteiger partial charge in [0.15, 0.2) is 0 Å². The zero-order valence-corrected chi connectivity index (χ0v) is 10.2. The Morgan fingerprint density at radius 3 is 2.40 bits per heavy atom. The molecule has 0 saturated carbocycles. The van der Waals surface area contributed by atoms with Crippen molar-refractivity contribution in [2.24, 2.45) is 0 Å². The minimum atomic E-state index is -0.611. The zero-order chi connectivity index (χ0) is 11.7. The fraction of sp³-hybridized carbons (Fsp3) is 0.909. The molecule has 0 radical (unpaired) electrons. The minimum absolute atomic E-state index is 0.269. The largest absolute Gasteiger partial charge is 0.379 e. The van der Waals surface area contributed by atoms with Gasteiger partial charge in [0, 0.05) is 12.6 Å². The van der Waals surface area contributed by atoms with Crippen LogP contribution >= 0.6 is 0 Å². The Morgan fingerprint density at radius 2 is 1.93 bits per heavy atom. The lowest BCUT2D eigenvalue weighted by Gasteiger charge is -2.25. The summed E-state index contributed by atoms with van der Waals surface area (Å²) in [5.41, 5.74) is -0.611. The molecule has 0 heterocycles. The van der Waals surface area contributed by atoms with Crippen molar-refractivity contribution in [1.29, 1.82) is 5.26 Å². The third kappa shape index (κ3) is 7.32. The standard InChI is InChI=1S/C11H22N2O2/c1-5-14-6-7-15-9-11(4,8-12)13-10(2)3/h10,13H,5-7,9H2,1-4H3. The molecule has 4 heteroatoms. The number of nitriles is 1. The molecular formula is C11H22N2O2. The van der Waals surface area contributed by atoms with Crippen LogP contribution in [0.4, 0.5) is 0 Å². The van der Waals surface area contributed by atoms with E-state index in [-0.39, 0.29) is 6.04 Å². The molecule has 0 saturated heterocycles. The molecule has 1 unspecified atom stereocenters. The fourth-order valence-corrected chi connectivity index (χ4v) is 1.28. The van der Waals surface area contributed by atoms with Gasteiger partial charge < -0.3 is 9.47 Å². The highest BCUT2D eigenvalue weighted by Crippen LogP contribution is 2.04. The Bertz CT molecular complexity index is 201. The second kappa shape index (κ2) is 7.63. The van der Waals surface area contributed by atoms with Gasteiger partial charge in [0.25, 0.3) is 0 Å². The lowest BCUT2D eigenvalue weighted by molar-refractivity contribution is 0.0348. The van der Waals surface area contributed by atoms with E-state index in [9.17, 15) is 0 Å². The predicted octanol–water partition coefficient (Wildman–Crippen LogP) is 1.32. The second-order valence-corrected chi connectivity index (χ2v) is 3.99. The molecule has 0 aromatic carbocycles. The Balaban J connectivity index is 3.74. The van der Waals surface area contributed by atoms with E-state index in [0.717, 1.165) is 0 Å². The molecule has 0 rings (SSSR count). The molecule has 0 aromatic heterocycles. The van der Waals surface area contributed by atoms with Gasteiger partial charge in [-0.05, 0) is 27.7 Å². The van der Waals surface area contributed by atoms with Gasteiger partial charge in [-0.2, -0.15) is 5.26 Å². The van der Waals surface area contributed by atoms with Gasteiger partial charge in [0.05, 0.1) is 25.9 Å². The molecule has 88 valence electrons. The van der Waals surface area contributed by atoms with Crippen LogP contribution in [0.25, 0.3) is 0 Å². The van der Waals surface area contributed by atoms with Gasteiger partial charge in [-0.1, -0.05) is 0 Å². The van der Waals surface area contributed by atoms with Gasteiger partial charge >= 0.3 is 0 Å². The maximum atomic E-state index is 9.01. The highest BCUT2D eigenvalue weighted by molar-refractivity contribution is 5.04. The van der Waals surface area contributed by atoms with Crippen molar-refractivity contribution in [2.45, 2.75) is 39.3 Å². The van der Waals surface area contributed by atoms with Crippen molar-refractivity contribution in [2.75, 3.05) is 26.4 Å². The lowest BCUT2D eigenvalue weighted by atomic mass is 10.1. The molecule has 0 aliphatic rings. The first-order chi connectivity index (χ1) is 7.04.